The molecule has 0 aliphatic heterocycles. The third kappa shape index (κ3) is 153. The van der Waals surface area contributed by atoms with Crippen LogP contribution in [0.5, 0.6) is 0 Å². The van der Waals surface area contributed by atoms with Gasteiger partial charge in [-0.25, -0.2) is 0 Å². The molecule has 4 heteroatoms. The van der Waals surface area contributed by atoms with Crippen molar-refractivity contribution in [1.82, 2.24) is 0 Å². The number of aliphatic imine (C=N–C) groups is 1. The number of carboxylic acids is 1. The second kappa shape index (κ2) is 10.2. The Hall–Kier alpha value is -0.900. The lowest BCUT2D eigenvalue weighted by molar-refractivity contribution is -0.134. The zero-order valence-corrected chi connectivity index (χ0v) is 5.37. The standard InChI is InChI=1S/C3H7NO.C2H4O2/c1-4-2-3-5;1-2(3)4/h5H,1-3H2;1H3,(H,3,4). The third-order valence-corrected chi connectivity index (χ3v) is 0.258. The lowest BCUT2D eigenvalue weighted by atomic mass is 10.7. The summed E-state index contributed by atoms with van der Waals surface area (Å²) in [5.41, 5.74) is 0. The van der Waals surface area contributed by atoms with Gasteiger partial charge in [-0.2, -0.15) is 0 Å². The number of aliphatic carboxylic acids is 1. The molecule has 0 aromatic carbocycles. The monoisotopic (exact) mass is 133 g/mol. The highest BCUT2D eigenvalue weighted by Gasteiger charge is 1.65. The Balaban J connectivity index is 0. The molecule has 0 amide bonds. The average Bonchev–Trinajstić information content (AvgIpc) is 1.66. The molecule has 0 rings (SSSR count). The van der Waals surface area contributed by atoms with Crippen molar-refractivity contribution in [3.63, 3.8) is 0 Å². The van der Waals surface area contributed by atoms with Gasteiger partial charge in [-0.05, 0) is 6.72 Å². The van der Waals surface area contributed by atoms with Crippen LogP contribution >= 0.6 is 0 Å². The highest BCUT2D eigenvalue weighted by atomic mass is 16.4. The fourth-order valence-electron chi connectivity index (χ4n) is 0.0707. The number of hydrogen-bond donors (Lipinski definition) is 2. The van der Waals surface area contributed by atoms with Crippen LogP contribution in [0.4, 0.5) is 0 Å². The van der Waals surface area contributed by atoms with Gasteiger partial charge in [-0.3, -0.25) is 9.79 Å². The molecule has 9 heavy (non-hydrogen) atoms. The lowest BCUT2D eigenvalue weighted by Crippen LogP contribution is -1.83. The van der Waals surface area contributed by atoms with Crippen LogP contribution in [0, 0.1) is 0 Å². The summed E-state index contributed by atoms with van der Waals surface area (Å²) in [4.78, 5) is 12.4. The van der Waals surface area contributed by atoms with Crippen molar-refractivity contribution in [2.45, 2.75) is 6.92 Å². The highest BCUT2D eigenvalue weighted by Crippen LogP contribution is 1.55. The molecular weight excluding hydrogens is 122 g/mol. The van der Waals surface area contributed by atoms with Gasteiger partial charge in [0.15, 0.2) is 0 Å². The van der Waals surface area contributed by atoms with Crippen LogP contribution in [0.25, 0.3) is 0 Å². The van der Waals surface area contributed by atoms with E-state index in [9.17, 15) is 0 Å². The quantitative estimate of drug-likeness (QED) is 0.511. The van der Waals surface area contributed by atoms with Gasteiger partial charge in [0, 0.05) is 6.92 Å². The van der Waals surface area contributed by atoms with E-state index in [0.717, 1.165) is 6.92 Å². The number of nitrogens with zero attached hydrogens (tertiary/aromatic N) is 1. The predicted octanol–water partition coefficient (Wildman–Crippen LogP) is -0.230. The molecular formula is C5H11NO3. The van der Waals surface area contributed by atoms with Crippen LogP contribution < -0.4 is 0 Å². The molecule has 0 atom stereocenters. The van der Waals surface area contributed by atoms with Crippen LogP contribution in [0.2, 0.25) is 0 Å². The molecule has 0 heterocycles. The molecule has 0 saturated heterocycles. The first-order chi connectivity index (χ1) is 4.15. The number of carbonyl (C=O) groups is 1. The molecule has 0 spiro atoms. The van der Waals surface area contributed by atoms with E-state index in [1.165, 1.54) is 0 Å². The molecule has 0 aromatic heterocycles. The Morgan fingerprint density at radius 1 is 1.78 bits per heavy atom. The first-order valence-electron chi connectivity index (χ1n) is 2.38. The first-order valence-corrected chi connectivity index (χ1v) is 2.38. The zero-order valence-electron chi connectivity index (χ0n) is 5.37. The van der Waals surface area contributed by atoms with Crippen molar-refractivity contribution in [1.29, 1.82) is 0 Å². The molecule has 0 radical (unpaired) electrons. The number of hydrogen-bond acceptors (Lipinski definition) is 3. The summed E-state index contributed by atoms with van der Waals surface area (Å²) in [6.45, 7) is 4.80. The third-order valence-electron chi connectivity index (χ3n) is 0.258. The summed E-state index contributed by atoms with van der Waals surface area (Å²) in [6, 6.07) is 0. The molecule has 0 aliphatic carbocycles. The van der Waals surface area contributed by atoms with E-state index in [1.54, 1.807) is 0 Å². The van der Waals surface area contributed by atoms with E-state index in [0.29, 0.717) is 6.54 Å². The van der Waals surface area contributed by atoms with Crippen molar-refractivity contribution < 1.29 is 15.0 Å². The maximum absolute atomic E-state index is 9.00. The molecule has 0 bridgehead atoms. The van der Waals surface area contributed by atoms with Crippen molar-refractivity contribution in [2.75, 3.05) is 13.2 Å². The summed E-state index contributed by atoms with van der Waals surface area (Å²) >= 11 is 0. The Morgan fingerprint density at radius 3 is 2.11 bits per heavy atom. The fourth-order valence-corrected chi connectivity index (χ4v) is 0.0707. The van der Waals surface area contributed by atoms with Crippen LogP contribution in [0.3, 0.4) is 0 Å². The maximum Gasteiger partial charge on any atom is 0.300 e. The smallest absolute Gasteiger partial charge is 0.300 e. The largest absolute Gasteiger partial charge is 0.481 e. The molecule has 0 unspecified atom stereocenters. The number of carboxylic acid groups (broad SMARTS) is 1. The fraction of sp³-hybridized carbons (Fsp3) is 0.600. The molecule has 0 aliphatic rings. The lowest BCUT2D eigenvalue weighted by Gasteiger charge is -1.74. The van der Waals surface area contributed by atoms with Gasteiger partial charge in [-0.1, -0.05) is 0 Å². The average molecular weight is 133 g/mol. The number of aliphatic hydroxyl groups excluding tert-OH is 1. The second-order valence-electron chi connectivity index (χ2n) is 1.19. The zero-order chi connectivity index (χ0) is 7.70. The molecule has 0 aromatic rings. The number of aliphatic hydroxyl groups is 1. The van der Waals surface area contributed by atoms with E-state index in [2.05, 4.69) is 11.7 Å². The minimum absolute atomic E-state index is 0.115. The molecule has 0 saturated carbocycles. The Labute approximate surface area is 53.9 Å². The van der Waals surface area contributed by atoms with E-state index in [-0.39, 0.29) is 6.61 Å². The second-order valence-corrected chi connectivity index (χ2v) is 1.19. The van der Waals surface area contributed by atoms with Gasteiger partial charge in [0.2, 0.25) is 0 Å². The molecule has 4 nitrogen and oxygen atoms in total. The topological polar surface area (TPSA) is 69.9 Å². The van der Waals surface area contributed by atoms with Gasteiger partial charge < -0.3 is 10.2 Å². The maximum atomic E-state index is 9.00. The van der Waals surface area contributed by atoms with Crippen LogP contribution in [0.1, 0.15) is 6.92 Å². The Morgan fingerprint density at radius 2 is 2.11 bits per heavy atom. The van der Waals surface area contributed by atoms with Crippen LogP contribution in [-0.4, -0.2) is 36.1 Å². The van der Waals surface area contributed by atoms with Crippen molar-refractivity contribution >= 4 is 12.7 Å². The molecule has 2 N–H and O–H groups in total. The van der Waals surface area contributed by atoms with Crippen molar-refractivity contribution in [3.8, 4) is 0 Å². The minimum Gasteiger partial charge on any atom is -0.481 e. The van der Waals surface area contributed by atoms with Crippen molar-refractivity contribution in [2.24, 2.45) is 4.99 Å². The normalized spacial score (nSPS) is 6.89. The van der Waals surface area contributed by atoms with E-state index >= 15 is 0 Å². The first kappa shape index (κ1) is 11.0. The highest BCUT2D eigenvalue weighted by molar-refractivity contribution is 5.62. The predicted molar refractivity (Wildman–Crippen MR) is 34.8 cm³/mol. The van der Waals surface area contributed by atoms with Crippen LogP contribution in [0.15, 0.2) is 4.99 Å². The minimum atomic E-state index is -0.833. The summed E-state index contributed by atoms with van der Waals surface area (Å²) in [6.07, 6.45) is 0. The van der Waals surface area contributed by atoms with Gasteiger partial charge >= 0.3 is 0 Å². The van der Waals surface area contributed by atoms with Crippen LogP contribution in [-0.2, 0) is 4.79 Å². The van der Waals surface area contributed by atoms with Gasteiger partial charge in [-0.15, -0.1) is 0 Å². The van der Waals surface area contributed by atoms with Gasteiger partial charge in [0.1, 0.15) is 0 Å². The summed E-state index contributed by atoms with van der Waals surface area (Å²) < 4.78 is 0. The van der Waals surface area contributed by atoms with Crippen molar-refractivity contribution in [3.05, 3.63) is 0 Å². The summed E-state index contributed by atoms with van der Waals surface area (Å²) in [5, 5.41) is 15.3. The number of rotatable bonds is 2. The molecule has 0 fully saturated rings. The SMILES string of the molecule is C=NCCO.CC(=O)O. The van der Waals surface area contributed by atoms with E-state index in [1.807, 2.05) is 0 Å². The Kier molecular flexibility index (Phi) is 12.4. The van der Waals surface area contributed by atoms with Gasteiger partial charge in [0.05, 0.1) is 13.2 Å². The summed E-state index contributed by atoms with van der Waals surface area (Å²) in [7, 11) is 0. The molecule has 54 valence electrons. The summed E-state index contributed by atoms with van der Waals surface area (Å²) in [5.74, 6) is -0.833. The van der Waals surface area contributed by atoms with E-state index < -0.39 is 5.97 Å². The Bertz CT molecular complexity index is 78.3. The van der Waals surface area contributed by atoms with E-state index in [4.69, 9.17) is 15.0 Å². The van der Waals surface area contributed by atoms with Gasteiger partial charge in [0.25, 0.3) is 5.97 Å².